The van der Waals surface area contributed by atoms with Crippen molar-refractivity contribution in [1.82, 2.24) is 4.72 Å². The normalized spacial score (nSPS) is 14.1. The first-order chi connectivity index (χ1) is 8.22. The summed E-state index contributed by atoms with van der Waals surface area (Å²) >= 11 is 1.46. The summed E-state index contributed by atoms with van der Waals surface area (Å²) in [6.45, 7) is 7.71. The van der Waals surface area contributed by atoms with E-state index < -0.39 is 16.1 Å². The van der Waals surface area contributed by atoms with Crippen LogP contribution in [0.25, 0.3) is 0 Å². The Labute approximate surface area is 113 Å². The maximum atomic E-state index is 12.0. The minimum atomic E-state index is -3.50. The van der Waals surface area contributed by atoms with Crippen LogP contribution in [0.15, 0.2) is 11.0 Å². The predicted molar refractivity (Wildman–Crippen MR) is 74.4 cm³/mol. The molecule has 0 saturated carbocycles. The standard InChI is InChI=1S/C12H21NO3S2/c1-8(2)5-11(14)7-13-18(15,16)12-6-9(3)17-10(12)4/h6,8,11,13-14H,5,7H2,1-4H3. The van der Waals surface area contributed by atoms with Crippen molar-refractivity contribution in [3.8, 4) is 0 Å². The summed E-state index contributed by atoms with van der Waals surface area (Å²) in [5, 5.41) is 9.68. The van der Waals surface area contributed by atoms with Crippen molar-refractivity contribution >= 4 is 21.4 Å². The maximum absolute atomic E-state index is 12.0. The second-order valence-electron chi connectivity index (χ2n) is 4.91. The smallest absolute Gasteiger partial charge is 0.241 e. The molecule has 0 aromatic carbocycles. The molecule has 0 radical (unpaired) electrons. The Kier molecular flexibility index (Phi) is 5.33. The van der Waals surface area contributed by atoms with Crippen LogP contribution >= 0.6 is 11.3 Å². The third kappa shape index (κ3) is 4.35. The fourth-order valence-electron chi connectivity index (χ4n) is 1.79. The summed E-state index contributed by atoms with van der Waals surface area (Å²) in [5.41, 5.74) is 0. The number of sulfonamides is 1. The molecule has 0 aliphatic carbocycles. The molecule has 0 aliphatic heterocycles. The highest BCUT2D eigenvalue weighted by atomic mass is 32.2. The van der Waals surface area contributed by atoms with E-state index in [-0.39, 0.29) is 6.54 Å². The molecule has 1 aromatic heterocycles. The van der Waals surface area contributed by atoms with Gasteiger partial charge in [0.15, 0.2) is 0 Å². The van der Waals surface area contributed by atoms with E-state index in [1.807, 2.05) is 20.8 Å². The summed E-state index contributed by atoms with van der Waals surface area (Å²) in [6.07, 6.45) is -0.0516. The Hall–Kier alpha value is -0.430. The number of aliphatic hydroxyl groups excluding tert-OH is 1. The predicted octanol–water partition coefficient (Wildman–Crippen LogP) is 2.05. The minimum absolute atomic E-state index is 0.0643. The fraction of sp³-hybridized carbons (Fsp3) is 0.667. The number of hydrogen-bond acceptors (Lipinski definition) is 4. The first-order valence-electron chi connectivity index (χ1n) is 5.97. The van der Waals surface area contributed by atoms with Crippen LogP contribution in [0.5, 0.6) is 0 Å². The van der Waals surface area contributed by atoms with E-state index in [0.717, 1.165) is 9.75 Å². The topological polar surface area (TPSA) is 66.4 Å². The second-order valence-corrected chi connectivity index (χ2v) is 8.11. The van der Waals surface area contributed by atoms with Gasteiger partial charge in [-0.1, -0.05) is 13.8 Å². The van der Waals surface area contributed by atoms with Crippen molar-refractivity contribution in [2.45, 2.75) is 45.1 Å². The molecule has 1 heterocycles. The van der Waals surface area contributed by atoms with Crippen LogP contribution in [0.1, 0.15) is 30.0 Å². The molecule has 2 N–H and O–H groups in total. The van der Waals surface area contributed by atoms with Gasteiger partial charge in [-0.05, 0) is 32.3 Å². The molecule has 4 nitrogen and oxygen atoms in total. The molecular weight excluding hydrogens is 270 g/mol. The molecule has 0 bridgehead atoms. The number of nitrogens with one attached hydrogen (secondary N) is 1. The van der Waals surface area contributed by atoms with Gasteiger partial charge in [0.25, 0.3) is 0 Å². The Morgan fingerprint density at radius 3 is 2.44 bits per heavy atom. The minimum Gasteiger partial charge on any atom is -0.392 e. The number of rotatable bonds is 6. The van der Waals surface area contributed by atoms with Crippen molar-refractivity contribution in [2.75, 3.05) is 6.54 Å². The van der Waals surface area contributed by atoms with Crippen LogP contribution in [0.2, 0.25) is 0 Å². The highest BCUT2D eigenvalue weighted by Gasteiger charge is 2.20. The molecule has 0 amide bonds. The van der Waals surface area contributed by atoms with Gasteiger partial charge in [0, 0.05) is 16.3 Å². The quantitative estimate of drug-likeness (QED) is 0.843. The summed E-state index contributed by atoms with van der Waals surface area (Å²) in [4.78, 5) is 2.07. The lowest BCUT2D eigenvalue weighted by Crippen LogP contribution is -2.32. The molecule has 1 unspecified atom stereocenters. The van der Waals surface area contributed by atoms with E-state index in [1.165, 1.54) is 11.3 Å². The van der Waals surface area contributed by atoms with Gasteiger partial charge in [0.1, 0.15) is 0 Å². The summed E-state index contributed by atoms with van der Waals surface area (Å²) < 4.78 is 26.5. The number of aryl methyl sites for hydroxylation is 2. The first kappa shape index (κ1) is 15.6. The molecule has 0 saturated heterocycles. The lowest BCUT2D eigenvalue weighted by Gasteiger charge is -2.14. The van der Waals surface area contributed by atoms with Gasteiger partial charge < -0.3 is 5.11 Å². The number of aliphatic hydroxyl groups is 1. The average Bonchev–Trinajstić information content (AvgIpc) is 2.55. The van der Waals surface area contributed by atoms with Gasteiger partial charge in [0.05, 0.1) is 11.0 Å². The lowest BCUT2D eigenvalue weighted by molar-refractivity contribution is 0.152. The van der Waals surface area contributed by atoms with Crippen LogP contribution in [0.4, 0.5) is 0 Å². The average molecular weight is 291 g/mol. The number of thiophene rings is 1. The van der Waals surface area contributed by atoms with E-state index in [2.05, 4.69) is 4.72 Å². The summed E-state index contributed by atoms with van der Waals surface area (Å²) in [7, 11) is -3.50. The van der Waals surface area contributed by atoms with Gasteiger partial charge in [-0.15, -0.1) is 11.3 Å². The van der Waals surface area contributed by atoms with Crippen LogP contribution in [-0.4, -0.2) is 26.2 Å². The molecule has 104 valence electrons. The third-order valence-corrected chi connectivity index (χ3v) is 5.18. The van der Waals surface area contributed by atoms with Crippen LogP contribution in [0.3, 0.4) is 0 Å². The van der Waals surface area contributed by atoms with Gasteiger partial charge in [0.2, 0.25) is 10.0 Å². The van der Waals surface area contributed by atoms with Gasteiger partial charge in [-0.25, -0.2) is 13.1 Å². The van der Waals surface area contributed by atoms with Crippen molar-refractivity contribution in [3.63, 3.8) is 0 Å². The largest absolute Gasteiger partial charge is 0.392 e. The Balaban J connectivity index is 2.69. The zero-order valence-electron chi connectivity index (χ0n) is 11.2. The van der Waals surface area contributed by atoms with Crippen molar-refractivity contribution in [2.24, 2.45) is 5.92 Å². The molecule has 0 fully saturated rings. The molecule has 1 aromatic rings. The van der Waals surface area contributed by atoms with E-state index in [4.69, 9.17) is 0 Å². The highest BCUT2D eigenvalue weighted by Crippen LogP contribution is 2.24. The van der Waals surface area contributed by atoms with Gasteiger partial charge in [-0.2, -0.15) is 0 Å². The lowest BCUT2D eigenvalue weighted by atomic mass is 10.1. The molecule has 18 heavy (non-hydrogen) atoms. The zero-order chi connectivity index (χ0) is 13.9. The Morgan fingerprint density at radius 1 is 1.39 bits per heavy atom. The monoisotopic (exact) mass is 291 g/mol. The SMILES string of the molecule is Cc1cc(S(=O)(=O)NCC(O)CC(C)C)c(C)s1. The summed E-state index contributed by atoms with van der Waals surface area (Å²) in [6, 6.07) is 1.66. The van der Waals surface area contributed by atoms with E-state index in [0.29, 0.717) is 17.2 Å². The van der Waals surface area contributed by atoms with E-state index in [1.54, 1.807) is 13.0 Å². The zero-order valence-corrected chi connectivity index (χ0v) is 12.9. The molecule has 0 spiro atoms. The first-order valence-corrected chi connectivity index (χ1v) is 8.27. The van der Waals surface area contributed by atoms with Crippen molar-refractivity contribution in [3.05, 3.63) is 15.8 Å². The molecular formula is C12H21NO3S2. The number of hydrogen-bond donors (Lipinski definition) is 2. The van der Waals surface area contributed by atoms with Crippen LogP contribution < -0.4 is 4.72 Å². The van der Waals surface area contributed by atoms with Gasteiger partial charge in [-0.3, -0.25) is 0 Å². The fourth-order valence-corrected chi connectivity index (χ4v) is 4.41. The van der Waals surface area contributed by atoms with Crippen molar-refractivity contribution in [1.29, 1.82) is 0 Å². The van der Waals surface area contributed by atoms with E-state index >= 15 is 0 Å². The molecule has 6 heteroatoms. The third-order valence-electron chi connectivity index (χ3n) is 2.54. The maximum Gasteiger partial charge on any atom is 0.241 e. The Morgan fingerprint density at radius 2 is 2.00 bits per heavy atom. The van der Waals surface area contributed by atoms with Crippen LogP contribution in [0, 0.1) is 19.8 Å². The molecule has 1 rings (SSSR count). The van der Waals surface area contributed by atoms with Crippen molar-refractivity contribution < 1.29 is 13.5 Å². The molecule has 0 aliphatic rings. The van der Waals surface area contributed by atoms with Gasteiger partial charge >= 0.3 is 0 Å². The summed E-state index contributed by atoms with van der Waals surface area (Å²) in [5.74, 6) is 0.342. The highest BCUT2D eigenvalue weighted by molar-refractivity contribution is 7.89. The second kappa shape index (κ2) is 6.14. The Bertz CT molecular complexity index is 491. The van der Waals surface area contributed by atoms with E-state index in [9.17, 15) is 13.5 Å². The molecule has 1 atom stereocenters. The van der Waals surface area contributed by atoms with Crippen LogP contribution in [-0.2, 0) is 10.0 Å².